The van der Waals surface area contributed by atoms with Crippen LogP contribution in [-0.4, -0.2) is 30.8 Å². The summed E-state index contributed by atoms with van der Waals surface area (Å²) in [4.78, 5) is 24.5. The summed E-state index contributed by atoms with van der Waals surface area (Å²) in [5.41, 5.74) is 4.71. The highest BCUT2D eigenvalue weighted by atomic mass is 19.4. The molecule has 0 aliphatic carbocycles. The van der Waals surface area contributed by atoms with Gasteiger partial charge in [-0.3, -0.25) is 9.59 Å². The number of halogens is 3. The first kappa shape index (κ1) is 23.8. The Balaban J connectivity index is 2.61. The summed E-state index contributed by atoms with van der Waals surface area (Å²) >= 11 is 0. The number of carboxylic acid groups (broad SMARTS) is 1. The maximum Gasteiger partial charge on any atom is 0.416 e. The topological polar surface area (TPSA) is 98.9 Å². The molecule has 0 amide bonds. The van der Waals surface area contributed by atoms with E-state index in [1.165, 1.54) is 43.5 Å². The molecule has 0 aromatic heterocycles. The lowest BCUT2D eigenvalue weighted by molar-refractivity contribution is -0.159. The molecule has 0 spiro atoms. The quantitative estimate of drug-likeness (QED) is 0.266. The number of carboxylic acids is 1. The number of methoxy groups -OCH3 is 1. The normalized spacial score (nSPS) is 13.2. The highest BCUT2D eigenvalue weighted by Crippen LogP contribution is 2.39. The largest absolute Gasteiger partial charge is 0.497 e. The molecule has 2 aromatic carbocycles. The molecule has 31 heavy (non-hydrogen) atoms. The number of benzene rings is 2. The highest BCUT2D eigenvalue weighted by Gasteiger charge is 2.40. The Morgan fingerprint density at radius 2 is 1.84 bits per heavy atom. The van der Waals surface area contributed by atoms with E-state index < -0.39 is 41.9 Å². The van der Waals surface area contributed by atoms with E-state index in [9.17, 15) is 27.9 Å². The van der Waals surface area contributed by atoms with Gasteiger partial charge in [-0.2, -0.15) is 13.2 Å². The average molecular weight is 437 g/mol. The van der Waals surface area contributed by atoms with E-state index in [1.54, 1.807) is 0 Å². The fourth-order valence-corrected chi connectivity index (χ4v) is 3.27. The van der Waals surface area contributed by atoms with E-state index in [-0.39, 0.29) is 17.9 Å². The second-order valence-electron chi connectivity index (χ2n) is 6.69. The van der Waals surface area contributed by atoms with Gasteiger partial charge >= 0.3 is 18.1 Å². The minimum atomic E-state index is -4.71. The smallest absolute Gasteiger partial charge is 0.416 e. The van der Waals surface area contributed by atoms with Gasteiger partial charge in [-0.15, -0.1) is 0 Å². The molecule has 0 radical (unpaired) electrons. The van der Waals surface area contributed by atoms with Crippen molar-refractivity contribution in [3.8, 4) is 5.75 Å². The molecule has 2 atom stereocenters. The lowest BCUT2D eigenvalue weighted by Crippen LogP contribution is -2.33. The van der Waals surface area contributed by atoms with Crippen molar-refractivity contribution in [2.45, 2.75) is 18.5 Å². The first-order valence-corrected chi connectivity index (χ1v) is 9.19. The van der Waals surface area contributed by atoms with Crippen molar-refractivity contribution in [2.24, 2.45) is 5.92 Å². The van der Waals surface area contributed by atoms with Crippen LogP contribution in [0.2, 0.25) is 0 Å². The van der Waals surface area contributed by atoms with Gasteiger partial charge in [-0.25, -0.2) is 0 Å². The number of carbonyl (C=O) groups excluding carboxylic acids is 1. The van der Waals surface area contributed by atoms with E-state index in [4.69, 9.17) is 15.2 Å². The summed E-state index contributed by atoms with van der Waals surface area (Å²) in [5, 5.41) is 9.75. The summed E-state index contributed by atoms with van der Waals surface area (Å²) in [6, 6.07) is 9.35. The monoisotopic (exact) mass is 437 g/mol. The molecule has 2 aromatic rings. The Morgan fingerprint density at radius 3 is 2.35 bits per heavy atom. The van der Waals surface area contributed by atoms with Gasteiger partial charge < -0.3 is 20.3 Å². The third kappa shape index (κ3) is 5.78. The van der Waals surface area contributed by atoms with Gasteiger partial charge in [0.15, 0.2) is 5.92 Å². The number of anilines is 1. The van der Waals surface area contributed by atoms with Crippen LogP contribution in [0.15, 0.2) is 55.1 Å². The Bertz CT molecular complexity index is 941. The van der Waals surface area contributed by atoms with Gasteiger partial charge in [0.25, 0.3) is 0 Å². The van der Waals surface area contributed by atoms with E-state index in [2.05, 4.69) is 6.58 Å². The minimum absolute atomic E-state index is 0.156. The van der Waals surface area contributed by atoms with Gasteiger partial charge in [0.05, 0.1) is 12.7 Å². The maximum absolute atomic E-state index is 13.6. The third-order valence-electron chi connectivity index (χ3n) is 4.75. The zero-order valence-electron chi connectivity index (χ0n) is 16.7. The zero-order valence-corrected chi connectivity index (χ0v) is 16.7. The summed E-state index contributed by atoms with van der Waals surface area (Å²) in [7, 11) is 1.43. The second kappa shape index (κ2) is 10.0. The minimum Gasteiger partial charge on any atom is -0.497 e. The fraction of sp³-hybridized carbons (Fsp3) is 0.273. The Morgan fingerprint density at radius 1 is 1.19 bits per heavy atom. The molecular weight excluding hydrogens is 415 g/mol. The van der Waals surface area contributed by atoms with E-state index in [0.29, 0.717) is 11.3 Å². The van der Waals surface area contributed by atoms with Gasteiger partial charge in [0, 0.05) is 11.6 Å². The lowest BCUT2D eigenvalue weighted by Gasteiger charge is -2.25. The molecular formula is C22H22F3NO5. The van der Waals surface area contributed by atoms with Crippen molar-refractivity contribution in [1.29, 1.82) is 0 Å². The number of rotatable bonds is 9. The van der Waals surface area contributed by atoms with Crippen LogP contribution in [-0.2, 0) is 26.9 Å². The summed E-state index contributed by atoms with van der Waals surface area (Å²) < 4.78 is 50.7. The molecule has 3 N–H and O–H groups in total. The Kier molecular flexibility index (Phi) is 7.68. The van der Waals surface area contributed by atoms with Crippen LogP contribution in [0.25, 0.3) is 0 Å². The van der Waals surface area contributed by atoms with Crippen LogP contribution in [0.5, 0.6) is 5.75 Å². The molecule has 0 aliphatic heterocycles. The third-order valence-corrected chi connectivity index (χ3v) is 4.75. The van der Waals surface area contributed by atoms with Crippen LogP contribution in [0, 0.1) is 5.92 Å². The molecule has 6 nitrogen and oxygen atoms in total. The van der Waals surface area contributed by atoms with Crippen LogP contribution in [0.4, 0.5) is 18.9 Å². The number of hydrogen-bond acceptors (Lipinski definition) is 5. The Hall–Kier alpha value is -3.49. The summed E-state index contributed by atoms with van der Waals surface area (Å²) in [5.74, 6) is -5.12. The van der Waals surface area contributed by atoms with Crippen molar-refractivity contribution in [2.75, 3.05) is 19.5 Å². The molecule has 166 valence electrons. The molecule has 2 rings (SSSR count). The molecule has 9 heteroatoms. The summed E-state index contributed by atoms with van der Waals surface area (Å²) in [6.45, 7) is 3.16. The molecule has 0 fully saturated rings. The van der Waals surface area contributed by atoms with Crippen LogP contribution in [0.3, 0.4) is 0 Å². The molecule has 0 heterocycles. The first-order valence-electron chi connectivity index (χ1n) is 9.19. The van der Waals surface area contributed by atoms with Gasteiger partial charge in [-0.1, -0.05) is 30.9 Å². The zero-order chi connectivity index (χ0) is 23.2. The van der Waals surface area contributed by atoms with Crippen LogP contribution < -0.4 is 10.5 Å². The number of ether oxygens (including phenoxy) is 2. The number of nitrogens with two attached hydrogens (primary N) is 1. The number of aliphatic carboxylic acids is 1. The summed E-state index contributed by atoms with van der Waals surface area (Å²) in [6.07, 6.45) is -3.90. The number of esters is 1. The van der Waals surface area contributed by atoms with Crippen molar-refractivity contribution in [1.82, 2.24) is 0 Å². The van der Waals surface area contributed by atoms with E-state index in [0.717, 1.165) is 12.1 Å². The molecule has 2 unspecified atom stereocenters. The van der Waals surface area contributed by atoms with Crippen molar-refractivity contribution >= 4 is 17.6 Å². The highest BCUT2D eigenvalue weighted by molar-refractivity contribution is 5.95. The molecule has 0 bridgehead atoms. The Labute approximate surface area is 177 Å². The number of nitrogen functional groups attached to an aromatic ring is 1. The number of carbonyl (C=O) groups is 2. The standard InChI is InChI=1S/C22H22F3NO5/c1-3-11-31-21(29)19(20(27)28)15(13-7-9-14(30-2)10-8-13)12-16-17(22(23,24)25)5-4-6-18(16)26/h3-10,15,19H,1,11-12,26H2,2H3,(H,27,28). The predicted octanol–water partition coefficient (Wildman–Crippen LogP) is 4.05. The number of hydrogen-bond donors (Lipinski definition) is 2. The number of alkyl halides is 3. The average Bonchev–Trinajstić information content (AvgIpc) is 2.72. The predicted molar refractivity (Wildman–Crippen MR) is 108 cm³/mol. The molecule has 0 aliphatic rings. The van der Waals surface area contributed by atoms with Crippen molar-refractivity contribution in [3.63, 3.8) is 0 Å². The molecule has 0 saturated heterocycles. The fourth-order valence-electron chi connectivity index (χ4n) is 3.27. The van der Waals surface area contributed by atoms with Gasteiger partial charge in [0.2, 0.25) is 0 Å². The van der Waals surface area contributed by atoms with Crippen molar-refractivity contribution < 1.29 is 37.3 Å². The second-order valence-corrected chi connectivity index (χ2v) is 6.69. The van der Waals surface area contributed by atoms with Crippen LogP contribution >= 0.6 is 0 Å². The first-order chi connectivity index (χ1) is 14.6. The maximum atomic E-state index is 13.6. The van der Waals surface area contributed by atoms with E-state index >= 15 is 0 Å². The van der Waals surface area contributed by atoms with Gasteiger partial charge in [0.1, 0.15) is 12.4 Å². The van der Waals surface area contributed by atoms with E-state index in [1.807, 2.05) is 0 Å². The van der Waals surface area contributed by atoms with Crippen LogP contribution in [0.1, 0.15) is 22.6 Å². The van der Waals surface area contributed by atoms with Crippen molar-refractivity contribution in [3.05, 3.63) is 71.8 Å². The molecule has 0 saturated carbocycles. The lowest BCUT2D eigenvalue weighted by atomic mass is 9.80. The van der Waals surface area contributed by atoms with Gasteiger partial charge in [-0.05, 0) is 41.8 Å². The SMILES string of the molecule is C=CCOC(=O)C(C(=O)O)C(Cc1c(N)cccc1C(F)(F)F)c1ccc(OC)cc1.